The molecule has 1 saturated carbocycles. The van der Waals surface area contributed by atoms with E-state index in [1.165, 1.54) is 31.2 Å². The third-order valence-electron chi connectivity index (χ3n) is 3.52. The zero-order chi connectivity index (χ0) is 11.6. The number of pyridine rings is 1. The van der Waals surface area contributed by atoms with Gasteiger partial charge in [0.15, 0.2) is 0 Å². The predicted octanol–water partition coefficient (Wildman–Crippen LogP) is 3.72. The predicted molar refractivity (Wildman–Crippen MR) is 67.7 cm³/mol. The van der Waals surface area contributed by atoms with Crippen molar-refractivity contribution in [3.05, 3.63) is 29.0 Å². The summed E-state index contributed by atoms with van der Waals surface area (Å²) in [7, 11) is 0. The highest BCUT2D eigenvalue weighted by molar-refractivity contribution is 6.29. The molecule has 1 N–H and O–H groups in total. The maximum atomic E-state index is 5.90. The SMILES string of the molecule is CC(NC1(C)CCCC1)c1ccnc(Cl)c1. The lowest BCUT2D eigenvalue weighted by atomic mass is 9.98. The average Bonchev–Trinajstić information content (AvgIpc) is 2.65. The molecule has 1 aliphatic carbocycles. The standard InChI is InChI=1S/C13H19ClN2/c1-10(11-5-8-15-12(14)9-11)16-13(2)6-3-4-7-13/h5,8-10,16H,3-4,6-7H2,1-2H3. The van der Waals surface area contributed by atoms with Gasteiger partial charge >= 0.3 is 0 Å². The van der Waals surface area contributed by atoms with Crippen molar-refractivity contribution >= 4 is 11.6 Å². The Balaban J connectivity index is 2.05. The second-order valence-corrected chi connectivity index (χ2v) is 5.43. The summed E-state index contributed by atoms with van der Waals surface area (Å²) >= 11 is 5.90. The number of nitrogens with one attached hydrogen (secondary N) is 1. The van der Waals surface area contributed by atoms with E-state index in [-0.39, 0.29) is 0 Å². The van der Waals surface area contributed by atoms with Gasteiger partial charge in [0, 0.05) is 17.8 Å². The zero-order valence-electron chi connectivity index (χ0n) is 9.96. The summed E-state index contributed by atoms with van der Waals surface area (Å²) in [6, 6.07) is 4.31. The van der Waals surface area contributed by atoms with E-state index in [9.17, 15) is 0 Å². The van der Waals surface area contributed by atoms with Gasteiger partial charge in [-0.05, 0) is 44.4 Å². The molecule has 2 rings (SSSR count). The highest BCUT2D eigenvalue weighted by Gasteiger charge is 2.29. The Labute approximate surface area is 102 Å². The van der Waals surface area contributed by atoms with Gasteiger partial charge in [-0.15, -0.1) is 0 Å². The minimum absolute atomic E-state index is 0.301. The highest BCUT2D eigenvalue weighted by Crippen LogP contribution is 2.31. The molecule has 0 bridgehead atoms. The fourth-order valence-electron chi connectivity index (χ4n) is 2.59. The fourth-order valence-corrected chi connectivity index (χ4v) is 2.77. The molecule has 88 valence electrons. The van der Waals surface area contributed by atoms with E-state index < -0.39 is 0 Å². The summed E-state index contributed by atoms with van der Waals surface area (Å²) in [4.78, 5) is 4.01. The van der Waals surface area contributed by atoms with Crippen LogP contribution in [0.25, 0.3) is 0 Å². The van der Waals surface area contributed by atoms with Crippen molar-refractivity contribution < 1.29 is 0 Å². The van der Waals surface area contributed by atoms with Crippen molar-refractivity contribution in [3.8, 4) is 0 Å². The van der Waals surface area contributed by atoms with E-state index in [0.717, 1.165) is 0 Å². The Hall–Kier alpha value is -0.600. The molecule has 1 aromatic heterocycles. The first-order valence-electron chi connectivity index (χ1n) is 5.98. The Bertz CT molecular complexity index is 359. The Kier molecular flexibility index (Phi) is 3.50. The smallest absolute Gasteiger partial charge is 0.129 e. The number of hydrogen-bond acceptors (Lipinski definition) is 2. The van der Waals surface area contributed by atoms with Crippen LogP contribution in [-0.4, -0.2) is 10.5 Å². The summed E-state index contributed by atoms with van der Waals surface area (Å²) in [5.74, 6) is 0. The first kappa shape index (κ1) is 11.9. The van der Waals surface area contributed by atoms with Crippen LogP contribution in [0.3, 0.4) is 0 Å². The second-order valence-electron chi connectivity index (χ2n) is 5.05. The van der Waals surface area contributed by atoms with Gasteiger partial charge in [-0.1, -0.05) is 24.4 Å². The summed E-state index contributed by atoms with van der Waals surface area (Å²) in [5, 5.41) is 4.28. The molecule has 1 aromatic rings. The molecule has 1 unspecified atom stereocenters. The molecule has 0 amide bonds. The largest absolute Gasteiger partial charge is 0.305 e. The minimum Gasteiger partial charge on any atom is -0.305 e. The molecule has 0 aromatic carbocycles. The lowest BCUT2D eigenvalue weighted by molar-refractivity contribution is 0.327. The molecule has 1 fully saturated rings. The van der Waals surface area contributed by atoms with Crippen LogP contribution in [0.15, 0.2) is 18.3 Å². The normalized spacial score (nSPS) is 20.9. The summed E-state index contributed by atoms with van der Waals surface area (Å²) < 4.78 is 0. The Morgan fingerprint density at radius 2 is 2.12 bits per heavy atom. The van der Waals surface area contributed by atoms with Crippen LogP contribution < -0.4 is 5.32 Å². The van der Waals surface area contributed by atoms with Crippen molar-refractivity contribution in [2.24, 2.45) is 0 Å². The van der Waals surface area contributed by atoms with Crippen LogP contribution in [-0.2, 0) is 0 Å². The molecule has 3 heteroatoms. The monoisotopic (exact) mass is 238 g/mol. The van der Waals surface area contributed by atoms with Gasteiger partial charge in [0.1, 0.15) is 5.15 Å². The number of aromatic nitrogens is 1. The molecule has 0 aliphatic heterocycles. The van der Waals surface area contributed by atoms with Crippen LogP contribution in [0, 0.1) is 0 Å². The quantitative estimate of drug-likeness (QED) is 0.812. The molecule has 16 heavy (non-hydrogen) atoms. The van der Waals surface area contributed by atoms with Gasteiger partial charge in [0.25, 0.3) is 0 Å². The molecule has 2 nitrogen and oxygen atoms in total. The summed E-state index contributed by atoms with van der Waals surface area (Å²) in [5.41, 5.74) is 1.52. The van der Waals surface area contributed by atoms with E-state index in [0.29, 0.717) is 16.7 Å². The maximum absolute atomic E-state index is 5.90. The molecule has 0 saturated heterocycles. The van der Waals surface area contributed by atoms with E-state index >= 15 is 0 Å². The van der Waals surface area contributed by atoms with Crippen LogP contribution in [0.1, 0.15) is 51.1 Å². The van der Waals surface area contributed by atoms with Crippen molar-refractivity contribution in [1.82, 2.24) is 10.3 Å². The van der Waals surface area contributed by atoms with Crippen LogP contribution >= 0.6 is 11.6 Å². The van der Waals surface area contributed by atoms with E-state index in [2.05, 4.69) is 24.1 Å². The molecule has 0 spiro atoms. The third kappa shape index (κ3) is 2.74. The minimum atomic E-state index is 0.301. The van der Waals surface area contributed by atoms with E-state index in [1.54, 1.807) is 6.20 Å². The molecule has 1 aliphatic rings. The van der Waals surface area contributed by atoms with Gasteiger partial charge in [0.2, 0.25) is 0 Å². The third-order valence-corrected chi connectivity index (χ3v) is 3.73. The number of rotatable bonds is 3. The number of nitrogens with zero attached hydrogens (tertiary/aromatic N) is 1. The average molecular weight is 239 g/mol. The second kappa shape index (κ2) is 4.72. The lowest BCUT2D eigenvalue weighted by Crippen LogP contribution is -2.40. The summed E-state index contributed by atoms with van der Waals surface area (Å²) in [6.07, 6.45) is 7.00. The molecule has 0 radical (unpaired) electrons. The van der Waals surface area contributed by atoms with Gasteiger partial charge < -0.3 is 5.32 Å². The van der Waals surface area contributed by atoms with Crippen molar-refractivity contribution in [2.45, 2.75) is 51.1 Å². The molecular formula is C13H19ClN2. The maximum Gasteiger partial charge on any atom is 0.129 e. The Morgan fingerprint density at radius 1 is 1.44 bits per heavy atom. The Morgan fingerprint density at radius 3 is 2.75 bits per heavy atom. The molecular weight excluding hydrogens is 220 g/mol. The molecule has 1 heterocycles. The van der Waals surface area contributed by atoms with Crippen molar-refractivity contribution in [2.75, 3.05) is 0 Å². The highest BCUT2D eigenvalue weighted by atomic mass is 35.5. The number of hydrogen-bond donors (Lipinski definition) is 1. The first-order valence-corrected chi connectivity index (χ1v) is 6.36. The summed E-state index contributed by atoms with van der Waals surface area (Å²) in [6.45, 7) is 4.51. The van der Waals surface area contributed by atoms with E-state index in [1.807, 2.05) is 12.1 Å². The van der Waals surface area contributed by atoms with Gasteiger partial charge in [-0.3, -0.25) is 0 Å². The van der Waals surface area contributed by atoms with Gasteiger partial charge in [-0.25, -0.2) is 4.98 Å². The first-order chi connectivity index (χ1) is 7.59. The van der Waals surface area contributed by atoms with Crippen LogP contribution in [0.5, 0.6) is 0 Å². The zero-order valence-corrected chi connectivity index (χ0v) is 10.7. The molecule has 1 atom stereocenters. The van der Waals surface area contributed by atoms with Gasteiger partial charge in [0.05, 0.1) is 0 Å². The fraction of sp³-hybridized carbons (Fsp3) is 0.615. The van der Waals surface area contributed by atoms with E-state index in [4.69, 9.17) is 11.6 Å². The lowest BCUT2D eigenvalue weighted by Gasteiger charge is -2.30. The van der Waals surface area contributed by atoms with Crippen molar-refractivity contribution in [3.63, 3.8) is 0 Å². The van der Waals surface area contributed by atoms with Crippen molar-refractivity contribution in [1.29, 1.82) is 0 Å². The number of halogens is 1. The topological polar surface area (TPSA) is 24.9 Å². The van der Waals surface area contributed by atoms with Crippen LogP contribution in [0.2, 0.25) is 5.15 Å². The van der Waals surface area contributed by atoms with Crippen LogP contribution in [0.4, 0.5) is 0 Å². The van der Waals surface area contributed by atoms with Gasteiger partial charge in [-0.2, -0.15) is 0 Å².